The van der Waals surface area contributed by atoms with Gasteiger partial charge >= 0.3 is 6.18 Å². The number of hydrogen-bond donors (Lipinski definition) is 0. The van der Waals surface area contributed by atoms with Crippen LogP contribution in [0.1, 0.15) is 18.5 Å². The van der Waals surface area contributed by atoms with Crippen LogP contribution >= 0.6 is 0 Å². The minimum absolute atomic E-state index is 0.0800. The van der Waals surface area contributed by atoms with E-state index in [1.54, 1.807) is 0 Å². The fourth-order valence-corrected chi connectivity index (χ4v) is 2.69. The van der Waals surface area contributed by atoms with Crippen LogP contribution in [0.5, 0.6) is 0 Å². The lowest BCUT2D eigenvalue weighted by atomic mass is 10.1. The average Bonchev–Trinajstić information content (AvgIpc) is 3.43. The number of rotatable bonds is 6. The molecule has 9 heteroatoms. The molecule has 0 aliphatic heterocycles. The van der Waals surface area contributed by atoms with E-state index in [0.29, 0.717) is 0 Å². The van der Waals surface area contributed by atoms with Gasteiger partial charge in [-0.3, -0.25) is 9.78 Å². The summed E-state index contributed by atoms with van der Waals surface area (Å²) in [5.41, 5.74) is -1.49. The van der Waals surface area contributed by atoms with E-state index in [-0.39, 0.29) is 36.0 Å². The number of carbonyl (C=O) groups excluding carboxylic acids is 1. The first-order valence-electron chi connectivity index (χ1n) is 8.28. The van der Waals surface area contributed by atoms with E-state index in [4.69, 9.17) is 4.74 Å². The summed E-state index contributed by atoms with van der Waals surface area (Å²) < 4.78 is 59.1. The molecule has 1 amide bonds. The molecule has 0 N–H and O–H groups in total. The van der Waals surface area contributed by atoms with E-state index < -0.39 is 23.6 Å². The number of nitrogens with zero attached hydrogens (tertiary/aromatic N) is 3. The highest BCUT2D eigenvalue weighted by atomic mass is 19.4. The van der Waals surface area contributed by atoms with Gasteiger partial charge in [-0.2, -0.15) is 13.2 Å². The van der Waals surface area contributed by atoms with Crippen molar-refractivity contribution in [3.8, 4) is 11.3 Å². The molecule has 0 radical (unpaired) electrons. The Hall–Kier alpha value is -2.55. The van der Waals surface area contributed by atoms with E-state index in [1.165, 1.54) is 25.4 Å². The van der Waals surface area contributed by atoms with Gasteiger partial charge < -0.3 is 9.64 Å². The second-order valence-corrected chi connectivity index (χ2v) is 6.33. The smallest absolute Gasteiger partial charge is 0.375 e. The van der Waals surface area contributed by atoms with Crippen molar-refractivity contribution in [3.05, 3.63) is 42.1 Å². The topological polar surface area (TPSA) is 55.3 Å². The molecule has 0 aromatic carbocycles. The largest absolute Gasteiger partial charge is 0.435 e. The van der Waals surface area contributed by atoms with Gasteiger partial charge in [0.05, 0.1) is 17.6 Å². The van der Waals surface area contributed by atoms with Crippen molar-refractivity contribution in [2.24, 2.45) is 5.92 Å². The monoisotopic (exact) mass is 383 g/mol. The Morgan fingerprint density at radius 1 is 1.30 bits per heavy atom. The van der Waals surface area contributed by atoms with Crippen molar-refractivity contribution in [1.29, 1.82) is 0 Å². The normalized spacial score (nSPS) is 14.3. The fraction of sp³-hybridized carbons (Fsp3) is 0.389. The van der Waals surface area contributed by atoms with Gasteiger partial charge in [0.15, 0.2) is 5.69 Å². The SMILES string of the molecule is COCC(=O)N(CC1CC1)c1ccc(-c2cncc(F)c2)nc1C(F)(F)F. The number of amides is 1. The highest BCUT2D eigenvalue weighted by Gasteiger charge is 2.39. The van der Waals surface area contributed by atoms with Gasteiger partial charge in [-0.1, -0.05) is 0 Å². The molecule has 1 saturated carbocycles. The average molecular weight is 383 g/mol. The minimum Gasteiger partial charge on any atom is -0.375 e. The summed E-state index contributed by atoms with van der Waals surface area (Å²) in [6, 6.07) is 3.56. The third-order valence-corrected chi connectivity index (χ3v) is 4.14. The van der Waals surface area contributed by atoms with E-state index in [0.717, 1.165) is 30.0 Å². The molecule has 144 valence electrons. The molecule has 1 fully saturated rings. The highest BCUT2D eigenvalue weighted by molar-refractivity contribution is 5.95. The van der Waals surface area contributed by atoms with Crippen LogP contribution in [-0.4, -0.2) is 36.1 Å². The lowest BCUT2D eigenvalue weighted by molar-refractivity contribution is -0.140. The number of methoxy groups -OCH3 is 1. The van der Waals surface area contributed by atoms with Crippen molar-refractivity contribution in [2.45, 2.75) is 19.0 Å². The van der Waals surface area contributed by atoms with Gasteiger partial charge in [-0.25, -0.2) is 9.37 Å². The predicted molar refractivity (Wildman–Crippen MR) is 89.4 cm³/mol. The number of halogens is 4. The molecule has 1 aliphatic rings. The summed E-state index contributed by atoms with van der Waals surface area (Å²) in [6.45, 7) is -0.159. The Labute approximate surface area is 153 Å². The first kappa shape index (κ1) is 19.2. The molecular weight excluding hydrogens is 366 g/mol. The molecule has 3 rings (SSSR count). The fourth-order valence-electron chi connectivity index (χ4n) is 2.69. The van der Waals surface area contributed by atoms with Crippen molar-refractivity contribution >= 4 is 11.6 Å². The van der Waals surface area contributed by atoms with E-state index in [1.807, 2.05) is 0 Å². The number of alkyl halides is 3. The Morgan fingerprint density at radius 2 is 2.04 bits per heavy atom. The van der Waals surface area contributed by atoms with E-state index in [9.17, 15) is 22.4 Å². The van der Waals surface area contributed by atoms with Crippen LogP contribution in [0.2, 0.25) is 0 Å². The second kappa shape index (κ2) is 7.59. The Balaban J connectivity index is 2.06. The van der Waals surface area contributed by atoms with E-state index >= 15 is 0 Å². The molecule has 0 bridgehead atoms. The zero-order chi connectivity index (χ0) is 19.6. The standard InChI is InChI=1S/C18H17F4N3O2/c1-27-10-16(26)25(9-11-2-3-11)15-5-4-14(24-17(15)18(20,21)22)12-6-13(19)8-23-7-12/h4-8,11H,2-3,9-10H2,1H3. The van der Waals surface area contributed by atoms with Crippen LogP contribution in [0.15, 0.2) is 30.6 Å². The van der Waals surface area contributed by atoms with Crippen LogP contribution < -0.4 is 4.90 Å². The number of hydrogen-bond acceptors (Lipinski definition) is 4. The third kappa shape index (κ3) is 4.60. The summed E-state index contributed by atoms with van der Waals surface area (Å²) in [6.07, 6.45) is -0.898. The van der Waals surface area contributed by atoms with Crippen LogP contribution in [-0.2, 0) is 15.7 Å². The molecule has 2 aromatic rings. The zero-order valence-electron chi connectivity index (χ0n) is 14.5. The summed E-state index contributed by atoms with van der Waals surface area (Å²) in [7, 11) is 1.30. The number of anilines is 1. The molecule has 2 heterocycles. The molecule has 0 atom stereocenters. The van der Waals surface area contributed by atoms with E-state index in [2.05, 4.69) is 9.97 Å². The van der Waals surface area contributed by atoms with Gasteiger partial charge in [0.2, 0.25) is 0 Å². The maximum absolute atomic E-state index is 13.7. The summed E-state index contributed by atoms with van der Waals surface area (Å²) in [5, 5.41) is 0. The lowest BCUT2D eigenvalue weighted by Gasteiger charge is -2.25. The van der Waals surface area contributed by atoms with Gasteiger partial charge in [0.1, 0.15) is 12.4 Å². The molecule has 27 heavy (non-hydrogen) atoms. The molecule has 2 aromatic heterocycles. The highest BCUT2D eigenvalue weighted by Crippen LogP contribution is 2.39. The van der Waals surface area contributed by atoms with Crippen molar-refractivity contribution in [1.82, 2.24) is 9.97 Å². The van der Waals surface area contributed by atoms with Gasteiger partial charge in [-0.15, -0.1) is 0 Å². The lowest BCUT2D eigenvalue weighted by Crippen LogP contribution is -2.37. The van der Waals surface area contributed by atoms with Gasteiger partial charge in [0.25, 0.3) is 5.91 Å². The van der Waals surface area contributed by atoms with Crippen LogP contribution in [0.4, 0.5) is 23.2 Å². The molecule has 0 unspecified atom stereocenters. The Bertz CT molecular complexity index is 838. The third-order valence-electron chi connectivity index (χ3n) is 4.14. The Kier molecular flexibility index (Phi) is 5.41. The van der Waals surface area contributed by atoms with Crippen molar-refractivity contribution in [3.63, 3.8) is 0 Å². The predicted octanol–water partition coefficient (Wildman–Crippen LogP) is 3.69. The maximum atomic E-state index is 13.7. The van der Waals surface area contributed by atoms with Crippen LogP contribution in [0.25, 0.3) is 11.3 Å². The summed E-state index contributed by atoms with van der Waals surface area (Å²) >= 11 is 0. The second-order valence-electron chi connectivity index (χ2n) is 6.33. The Morgan fingerprint density at radius 3 is 2.63 bits per heavy atom. The molecule has 1 aliphatic carbocycles. The van der Waals surface area contributed by atoms with Gasteiger partial charge in [-0.05, 0) is 37.0 Å². The van der Waals surface area contributed by atoms with Gasteiger partial charge in [0, 0.05) is 25.4 Å². The molecular formula is C18H17F4N3O2. The number of pyridine rings is 2. The number of ether oxygens (including phenoxy) is 1. The first-order valence-corrected chi connectivity index (χ1v) is 8.28. The maximum Gasteiger partial charge on any atom is 0.435 e. The van der Waals surface area contributed by atoms with Crippen molar-refractivity contribution in [2.75, 3.05) is 25.2 Å². The van der Waals surface area contributed by atoms with Crippen molar-refractivity contribution < 1.29 is 27.1 Å². The minimum atomic E-state index is -4.79. The summed E-state index contributed by atoms with van der Waals surface area (Å²) in [5.74, 6) is -1.09. The van der Waals surface area contributed by atoms with Crippen LogP contribution in [0, 0.1) is 11.7 Å². The molecule has 5 nitrogen and oxygen atoms in total. The van der Waals surface area contributed by atoms with Crippen LogP contribution in [0.3, 0.4) is 0 Å². The molecule has 0 spiro atoms. The quantitative estimate of drug-likeness (QED) is 0.714. The number of aromatic nitrogens is 2. The number of carbonyl (C=O) groups is 1. The first-order chi connectivity index (χ1) is 12.8. The molecule has 0 saturated heterocycles. The zero-order valence-corrected chi connectivity index (χ0v) is 14.5. The summed E-state index contributed by atoms with van der Waals surface area (Å²) in [4.78, 5) is 20.7.